The van der Waals surface area contributed by atoms with Gasteiger partial charge >= 0.3 is 0 Å². The van der Waals surface area contributed by atoms with E-state index in [9.17, 15) is 9.59 Å². The summed E-state index contributed by atoms with van der Waals surface area (Å²) in [7, 11) is 0. The van der Waals surface area contributed by atoms with Gasteiger partial charge in [-0.2, -0.15) is 5.10 Å². The Hall–Kier alpha value is -2.17. The summed E-state index contributed by atoms with van der Waals surface area (Å²) >= 11 is 0. The monoisotopic (exact) mass is 273 g/mol. The average molecular weight is 273 g/mol. The number of nitrogens with zero attached hydrogens (tertiary/aromatic N) is 1. The first-order chi connectivity index (χ1) is 9.60. The summed E-state index contributed by atoms with van der Waals surface area (Å²) in [6.45, 7) is 3.72. The van der Waals surface area contributed by atoms with Gasteiger partial charge in [0.15, 0.2) is 0 Å². The molecule has 2 rings (SSSR count). The Labute approximate surface area is 118 Å². The lowest BCUT2D eigenvalue weighted by atomic mass is 10.2. The zero-order valence-corrected chi connectivity index (χ0v) is 11.8. The predicted octanol–water partition coefficient (Wildman–Crippen LogP) is 2.55. The molecule has 0 aliphatic heterocycles. The Bertz CT molecular complexity index is 531. The summed E-state index contributed by atoms with van der Waals surface area (Å²) in [6, 6.07) is 6.75. The molecule has 1 fully saturated rings. The summed E-state index contributed by atoms with van der Waals surface area (Å²) in [5, 5.41) is 6.83. The number of anilines is 1. The molecule has 0 radical (unpaired) electrons. The Morgan fingerprint density at radius 1 is 1.25 bits per heavy atom. The second-order valence-electron chi connectivity index (χ2n) is 4.95. The molecule has 2 amide bonds. The van der Waals surface area contributed by atoms with Crippen molar-refractivity contribution in [3.8, 4) is 0 Å². The second kappa shape index (κ2) is 6.32. The van der Waals surface area contributed by atoms with Gasteiger partial charge in [-0.05, 0) is 49.9 Å². The summed E-state index contributed by atoms with van der Waals surface area (Å²) < 4.78 is 0. The first-order valence-electron chi connectivity index (χ1n) is 6.84. The predicted molar refractivity (Wildman–Crippen MR) is 78.7 cm³/mol. The van der Waals surface area contributed by atoms with E-state index in [1.165, 1.54) is 0 Å². The van der Waals surface area contributed by atoms with E-state index in [0.29, 0.717) is 23.6 Å². The molecule has 1 aromatic carbocycles. The molecule has 0 aromatic heterocycles. The van der Waals surface area contributed by atoms with Gasteiger partial charge in [-0.15, -0.1) is 0 Å². The fourth-order valence-corrected chi connectivity index (χ4v) is 1.75. The molecular formula is C15H19N3O2. The van der Waals surface area contributed by atoms with Crippen molar-refractivity contribution in [2.75, 3.05) is 5.32 Å². The normalized spacial score (nSPS) is 14.8. The van der Waals surface area contributed by atoms with Crippen molar-refractivity contribution in [1.82, 2.24) is 5.43 Å². The highest BCUT2D eigenvalue weighted by Crippen LogP contribution is 2.30. The SMILES string of the molecule is CCC(=O)Nc1ccc(C(=O)N/N=C(\C)C2CC2)cc1. The van der Waals surface area contributed by atoms with Crippen LogP contribution in [-0.2, 0) is 4.79 Å². The van der Waals surface area contributed by atoms with Crippen LogP contribution in [0.4, 0.5) is 5.69 Å². The van der Waals surface area contributed by atoms with E-state index < -0.39 is 0 Å². The summed E-state index contributed by atoms with van der Waals surface area (Å²) in [5.74, 6) is 0.257. The van der Waals surface area contributed by atoms with E-state index in [0.717, 1.165) is 18.6 Å². The number of carbonyl (C=O) groups excluding carboxylic acids is 2. The Balaban J connectivity index is 1.93. The van der Waals surface area contributed by atoms with E-state index in [1.54, 1.807) is 31.2 Å². The topological polar surface area (TPSA) is 70.6 Å². The number of amides is 2. The van der Waals surface area contributed by atoms with Crippen LogP contribution in [0.3, 0.4) is 0 Å². The molecule has 5 heteroatoms. The molecule has 0 heterocycles. The number of carbonyl (C=O) groups is 2. The molecule has 0 saturated heterocycles. The number of hydrogen-bond acceptors (Lipinski definition) is 3. The van der Waals surface area contributed by atoms with Crippen LogP contribution in [0.25, 0.3) is 0 Å². The second-order valence-corrected chi connectivity index (χ2v) is 4.95. The highest BCUT2D eigenvalue weighted by Gasteiger charge is 2.24. The van der Waals surface area contributed by atoms with Crippen molar-refractivity contribution in [2.45, 2.75) is 33.1 Å². The average Bonchev–Trinajstić information content (AvgIpc) is 3.29. The van der Waals surface area contributed by atoms with Crippen molar-refractivity contribution >= 4 is 23.2 Å². The molecule has 1 aromatic rings. The summed E-state index contributed by atoms with van der Waals surface area (Å²) in [4.78, 5) is 23.1. The van der Waals surface area contributed by atoms with Gasteiger partial charge in [0.2, 0.25) is 5.91 Å². The van der Waals surface area contributed by atoms with Gasteiger partial charge in [0.1, 0.15) is 0 Å². The zero-order chi connectivity index (χ0) is 14.5. The zero-order valence-electron chi connectivity index (χ0n) is 11.8. The minimum absolute atomic E-state index is 0.0492. The Kier molecular flexibility index (Phi) is 4.50. The molecule has 1 saturated carbocycles. The lowest BCUT2D eigenvalue weighted by molar-refractivity contribution is -0.115. The third kappa shape index (κ3) is 3.91. The molecule has 1 aliphatic rings. The number of benzene rings is 1. The van der Waals surface area contributed by atoms with Crippen LogP contribution in [0.15, 0.2) is 29.4 Å². The van der Waals surface area contributed by atoms with Crippen LogP contribution < -0.4 is 10.7 Å². The number of rotatable bonds is 5. The fraction of sp³-hybridized carbons (Fsp3) is 0.400. The first kappa shape index (κ1) is 14.2. The van der Waals surface area contributed by atoms with E-state index >= 15 is 0 Å². The van der Waals surface area contributed by atoms with Crippen LogP contribution in [0.1, 0.15) is 43.5 Å². The van der Waals surface area contributed by atoms with Gasteiger partial charge in [-0.1, -0.05) is 6.92 Å². The van der Waals surface area contributed by atoms with Crippen molar-refractivity contribution < 1.29 is 9.59 Å². The van der Waals surface area contributed by atoms with Gasteiger partial charge in [0, 0.05) is 23.4 Å². The van der Waals surface area contributed by atoms with Crippen LogP contribution >= 0.6 is 0 Å². The number of hydrazone groups is 1. The maximum absolute atomic E-state index is 11.9. The van der Waals surface area contributed by atoms with Crippen molar-refractivity contribution in [1.29, 1.82) is 0 Å². The molecule has 0 atom stereocenters. The number of hydrogen-bond donors (Lipinski definition) is 2. The van der Waals surface area contributed by atoms with E-state index in [1.807, 2.05) is 6.92 Å². The fourth-order valence-electron chi connectivity index (χ4n) is 1.75. The maximum Gasteiger partial charge on any atom is 0.271 e. The summed E-state index contributed by atoms with van der Waals surface area (Å²) in [5.41, 5.74) is 4.74. The van der Waals surface area contributed by atoms with Crippen molar-refractivity contribution in [3.05, 3.63) is 29.8 Å². The smallest absolute Gasteiger partial charge is 0.271 e. The van der Waals surface area contributed by atoms with Crippen LogP contribution in [0.2, 0.25) is 0 Å². The lowest BCUT2D eigenvalue weighted by Gasteiger charge is -2.05. The third-order valence-electron chi connectivity index (χ3n) is 3.25. The largest absolute Gasteiger partial charge is 0.326 e. The standard InChI is InChI=1S/C15H19N3O2/c1-3-14(19)16-13-8-6-12(7-9-13)15(20)18-17-10(2)11-4-5-11/h6-9,11H,3-5H2,1-2H3,(H,16,19)(H,18,20)/b17-10+. The van der Waals surface area contributed by atoms with Crippen LogP contribution in [0.5, 0.6) is 0 Å². The highest BCUT2D eigenvalue weighted by atomic mass is 16.2. The Morgan fingerprint density at radius 2 is 1.90 bits per heavy atom. The molecule has 2 N–H and O–H groups in total. The minimum Gasteiger partial charge on any atom is -0.326 e. The van der Waals surface area contributed by atoms with E-state index in [2.05, 4.69) is 15.8 Å². The molecule has 106 valence electrons. The lowest BCUT2D eigenvalue weighted by Crippen LogP contribution is -2.19. The van der Waals surface area contributed by atoms with Crippen LogP contribution in [0, 0.1) is 5.92 Å². The third-order valence-corrected chi connectivity index (χ3v) is 3.25. The van der Waals surface area contributed by atoms with Gasteiger partial charge < -0.3 is 5.32 Å². The van der Waals surface area contributed by atoms with E-state index in [-0.39, 0.29) is 11.8 Å². The van der Waals surface area contributed by atoms with Gasteiger partial charge in [0.05, 0.1) is 0 Å². The molecule has 20 heavy (non-hydrogen) atoms. The molecule has 0 spiro atoms. The van der Waals surface area contributed by atoms with E-state index in [4.69, 9.17) is 0 Å². The van der Waals surface area contributed by atoms with Gasteiger partial charge in [-0.3, -0.25) is 9.59 Å². The maximum atomic E-state index is 11.9. The Morgan fingerprint density at radius 3 is 2.45 bits per heavy atom. The summed E-state index contributed by atoms with van der Waals surface area (Å²) in [6.07, 6.45) is 2.76. The minimum atomic E-state index is -0.238. The van der Waals surface area contributed by atoms with Gasteiger partial charge in [0.25, 0.3) is 5.91 Å². The first-order valence-corrected chi connectivity index (χ1v) is 6.84. The molecule has 5 nitrogen and oxygen atoms in total. The molecular weight excluding hydrogens is 254 g/mol. The van der Waals surface area contributed by atoms with Crippen molar-refractivity contribution in [3.63, 3.8) is 0 Å². The molecule has 0 unspecified atom stereocenters. The highest BCUT2D eigenvalue weighted by molar-refractivity contribution is 5.96. The van der Waals surface area contributed by atoms with Crippen molar-refractivity contribution in [2.24, 2.45) is 11.0 Å². The quantitative estimate of drug-likeness (QED) is 0.639. The van der Waals surface area contributed by atoms with Gasteiger partial charge in [-0.25, -0.2) is 5.43 Å². The molecule has 1 aliphatic carbocycles. The molecule has 0 bridgehead atoms. The van der Waals surface area contributed by atoms with Crippen LogP contribution in [-0.4, -0.2) is 17.5 Å². The number of nitrogens with one attached hydrogen (secondary N) is 2.